The largest absolute Gasteiger partial charge is 0.483 e. The Morgan fingerprint density at radius 3 is 2.68 bits per heavy atom. The number of para-hydroxylation sites is 2. The fraction of sp³-hybridized carbons (Fsp3) is 0.364. The van der Waals surface area contributed by atoms with Crippen molar-refractivity contribution in [1.29, 1.82) is 0 Å². The number of methoxy groups -OCH3 is 1. The molecule has 1 heterocycles. The van der Waals surface area contributed by atoms with Crippen LogP contribution in [0.1, 0.15) is 30.9 Å². The van der Waals surface area contributed by atoms with E-state index >= 15 is 0 Å². The highest BCUT2D eigenvalue weighted by Crippen LogP contribution is 2.33. The summed E-state index contributed by atoms with van der Waals surface area (Å²) < 4.78 is 16.3. The number of amides is 1. The van der Waals surface area contributed by atoms with Crippen molar-refractivity contribution in [2.45, 2.75) is 32.8 Å². The van der Waals surface area contributed by atoms with Crippen molar-refractivity contribution >= 4 is 17.6 Å². The lowest BCUT2D eigenvalue weighted by Gasteiger charge is -2.33. The Balaban J connectivity index is 1.78. The summed E-state index contributed by atoms with van der Waals surface area (Å²) in [6, 6.07) is 13.1. The maximum absolute atomic E-state index is 12.9. The predicted molar refractivity (Wildman–Crippen MR) is 106 cm³/mol. The molecule has 28 heavy (non-hydrogen) atoms. The van der Waals surface area contributed by atoms with E-state index in [4.69, 9.17) is 14.2 Å². The highest BCUT2D eigenvalue weighted by Gasteiger charge is 2.34. The van der Waals surface area contributed by atoms with Gasteiger partial charge >= 0.3 is 5.97 Å². The molecule has 1 aliphatic rings. The Morgan fingerprint density at radius 1 is 1.21 bits per heavy atom. The van der Waals surface area contributed by atoms with E-state index in [2.05, 4.69) is 19.9 Å². The third-order valence-corrected chi connectivity index (χ3v) is 4.77. The van der Waals surface area contributed by atoms with Gasteiger partial charge in [0.2, 0.25) is 6.10 Å². The van der Waals surface area contributed by atoms with E-state index in [1.807, 2.05) is 25.1 Å². The molecule has 2 aromatic carbocycles. The van der Waals surface area contributed by atoms with E-state index in [1.54, 1.807) is 18.2 Å². The quantitative estimate of drug-likeness (QED) is 0.740. The van der Waals surface area contributed by atoms with Gasteiger partial charge in [-0.05, 0) is 42.2 Å². The lowest BCUT2D eigenvalue weighted by Crippen LogP contribution is -2.48. The number of rotatable bonds is 5. The smallest absolute Gasteiger partial charge is 0.348 e. The zero-order valence-electron chi connectivity index (χ0n) is 16.6. The van der Waals surface area contributed by atoms with Crippen molar-refractivity contribution in [3.8, 4) is 11.5 Å². The number of carbonyl (C=O) groups is 2. The standard InChI is InChI=1S/C22H25NO5/c1-14(2)16-10-9-15(3)19(11-16)27-13-21(24)23-12-20(22(25)26-4)28-18-8-6-5-7-17(18)23/h5-11,14,20H,12-13H2,1-4H3/t20-/m0/s1. The lowest BCUT2D eigenvalue weighted by molar-refractivity contribution is -0.148. The van der Waals surface area contributed by atoms with Crippen LogP contribution in [0.4, 0.5) is 5.69 Å². The second-order valence-corrected chi connectivity index (χ2v) is 7.07. The minimum atomic E-state index is -0.866. The maximum atomic E-state index is 12.9. The highest BCUT2D eigenvalue weighted by molar-refractivity contribution is 5.97. The normalized spacial score (nSPS) is 15.6. The van der Waals surface area contributed by atoms with Gasteiger partial charge in [-0.15, -0.1) is 0 Å². The summed E-state index contributed by atoms with van der Waals surface area (Å²) >= 11 is 0. The summed E-state index contributed by atoms with van der Waals surface area (Å²) in [5.74, 6) is 0.749. The van der Waals surface area contributed by atoms with Crippen LogP contribution < -0.4 is 14.4 Å². The Labute approximate surface area is 165 Å². The number of anilines is 1. The molecule has 0 radical (unpaired) electrons. The summed E-state index contributed by atoms with van der Waals surface area (Å²) in [5.41, 5.74) is 2.73. The molecule has 0 saturated heterocycles. The molecule has 2 aromatic rings. The molecule has 6 nitrogen and oxygen atoms in total. The maximum Gasteiger partial charge on any atom is 0.348 e. The van der Waals surface area contributed by atoms with Crippen molar-refractivity contribution in [3.63, 3.8) is 0 Å². The summed E-state index contributed by atoms with van der Waals surface area (Å²) in [5, 5.41) is 0. The van der Waals surface area contributed by atoms with E-state index in [9.17, 15) is 9.59 Å². The van der Waals surface area contributed by atoms with Crippen LogP contribution in [0, 0.1) is 6.92 Å². The van der Waals surface area contributed by atoms with Crippen LogP contribution in [-0.4, -0.2) is 38.2 Å². The van der Waals surface area contributed by atoms with Gasteiger partial charge in [-0.2, -0.15) is 0 Å². The number of nitrogens with zero attached hydrogens (tertiary/aromatic N) is 1. The van der Waals surface area contributed by atoms with Crippen molar-refractivity contribution in [1.82, 2.24) is 0 Å². The summed E-state index contributed by atoms with van der Waals surface area (Å²) in [6.45, 7) is 6.11. The molecule has 0 aliphatic carbocycles. The molecule has 0 N–H and O–H groups in total. The molecule has 6 heteroatoms. The fourth-order valence-corrected chi connectivity index (χ4v) is 3.07. The minimum Gasteiger partial charge on any atom is -0.483 e. The second kappa shape index (κ2) is 8.33. The molecule has 1 aliphatic heterocycles. The molecule has 0 unspecified atom stereocenters. The Kier molecular flexibility index (Phi) is 5.87. The van der Waals surface area contributed by atoms with Crippen molar-refractivity contribution in [3.05, 3.63) is 53.6 Å². The molecule has 1 atom stereocenters. The Bertz CT molecular complexity index is 877. The first kappa shape index (κ1) is 19.7. The fourth-order valence-electron chi connectivity index (χ4n) is 3.07. The van der Waals surface area contributed by atoms with E-state index in [0.717, 1.165) is 11.1 Å². The summed E-state index contributed by atoms with van der Waals surface area (Å²) in [7, 11) is 1.30. The first-order valence-electron chi connectivity index (χ1n) is 9.28. The molecule has 0 aromatic heterocycles. The average Bonchev–Trinajstić information content (AvgIpc) is 2.71. The zero-order valence-corrected chi connectivity index (χ0v) is 16.6. The Hall–Kier alpha value is -3.02. The topological polar surface area (TPSA) is 65.1 Å². The van der Waals surface area contributed by atoms with Crippen LogP contribution >= 0.6 is 0 Å². The third kappa shape index (κ3) is 4.11. The van der Waals surface area contributed by atoms with Gasteiger partial charge in [-0.25, -0.2) is 4.79 Å². The SMILES string of the molecule is COC(=O)[C@@H]1CN(C(=O)COc2cc(C(C)C)ccc2C)c2ccccc2O1. The number of carbonyl (C=O) groups excluding carboxylic acids is 2. The van der Waals surface area contributed by atoms with E-state index < -0.39 is 12.1 Å². The highest BCUT2D eigenvalue weighted by atomic mass is 16.6. The number of aryl methyl sites for hydroxylation is 1. The second-order valence-electron chi connectivity index (χ2n) is 7.07. The molecule has 0 saturated carbocycles. The van der Waals surface area contributed by atoms with E-state index in [0.29, 0.717) is 23.1 Å². The molecule has 148 valence electrons. The van der Waals surface area contributed by atoms with Gasteiger partial charge in [-0.3, -0.25) is 4.79 Å². The van der Waals surface area contributed by atoms with Crippen molar-refractivity contribution in [2.75, 3.05) is 25.2 Å². The molecular formula is C22H25NO5. The van der Waals surface area contributed by atoms with Crippen molar-refractivity contribution < 1.29 is 23.8 Å². The lowest BCUT2D eigenvalue weighted by atomic mass is 10.0. The first-order chi connectivity index (χ1) is 13.4. The number of esters is 1. The van der Waals surface area contributed by atoms with Gasteiger partial charge in [0, 0.05) is 0 Å². The zero-order chi connectivity index (χ0) is 20.3. The monoisotopic (exact) mass is 383 g/mol. The van der Waals surface area contributed by atoms with Gasteiger partial charge in [0.05, 0.1) is 19.3 Å². The van der Waals surface area contributed by atoms with Gasteiger partial charge in [0.15, 0.2) is 6.61 Å². The molecule has 0 spiro atoms. The summed E-state index contributed by atoms with van der Waals surface area (Å²) in [6.07, 6.45) is -0.866. The number of fused-ring (bicyclic) bond motifs is 1. The molecular weight excluding hydrogens is 358 g/mol. The van der Waals surface area contributed by atoms with E-state index in [1.165, 1.54) is 12.0 Å². The molecule has 0 fully saturated rings. The van der Waals surface area contributed by atoms with Crippen molar-refractivity contribution in [2.24, 2.45) is 0 Å². The van der Waals surface area contributed by atoms with Crippen LogP contribution in [-0.2, 0) is 14.3 Å². The van der Waals surface area contributed by atoms with Gasteiger partial charge in [0.25, 0.3) is 5.91 Å². The number of hydrogen-bond donors (Lipinski definition) is 0. The van der Waals surface area contributed by atoms with E-state index in [-0.39, 0.29) is 19.1 Å². The first-order valence-corrected chi connectivity index (χ1v) is 9.28. The van der Waals surface area contributed by atoms with Gasteiger partial charge in [-0.1, -0.05) is 38.1 Å². The Morgan fingerprint density at radius 2 is 1.96 bits per heavy atom. The van der Waals surface area contributed by atoms with Crippen LogP contribution in [0.5, 0.6) is 11.5 Å². The third-order valence-electron chi connectivity index (χ3n) is 4.77. The molecule has 3 rings (SSSR count). The van der Waals surface area contributed by atoms with Crippen LogP contribution in [0.25, 0.3) is 0 Å². The minimum absolute atomic E-state index is 0.0803. The number of benzene rings is 2. The molecule has 1 amide bonds. The van der Waals surface area contributed by atoms with Crippen LogP contribution in [0.15, 0.2) is 42.5 Å². The predicted octanol–water partition coefficient (Wildman–Crippen LogP) is 3.46. The van der Waals surface area contributed by atoms with Crippen LogP contribution in [0.3, 0.4) is 0 Å². The van der Waals surface area contributed by atoms with Gasteiger partial charge < -0.3 is 19.1 Å². The number of ether oxygens (including phenoxy) is 3. The van der Waals surface area contributed by atoms with Crippen LogP contribution in [0.2, 0.25) is 0 Å². The van der Waals surface area contributed by atoms with Gasteiger partial charge in [0.1, 0.15) is 11.5 Å². The summed E-state index contributed by atoms with van der Waals surface area (Å²) in [4.78, 5) is 26.4. The number of hydrogen-bond acceptors (Lipinski definition) is 5. The molecule has 0 bridgehead atoms. The average molecular weight is 383 g/mol.